The average molecular weight is 280 g/mol. The van der Waals surface area contributed by atoms with Crippen LogP contribution >= 0.6 is 0 Å². The Balaban J connectivity index is 2.43. The van der Waals surface area contributed by atoms with Gasteiger partial charge in [-0.15, -0.1) is 0 Å². The molecule has 0 bridgehead atoms. The van der Waals surface area contributed by atoms with Crippen molar-refractivity contribution in [1.82, 2.24) is 4.90 Å². The smallest absolute Gasteiger partial charge is 0.236 e. The van der Waals surface area contributed by atoms with Gasteiger partial charge in [0.1, 0.15) is 18.9 Å². The van der Waals surface area contributed by atoms with Gasteiger partial charge in [-0.25, -0.2) is 4.58 Å². The number of hydrogen-bond acceptors (Lipinski definition) is 3. The number of amides is 1. The highest BCUT2D eigenvalue weighted by Gasteiger charge is 2.63. The van der Waals surface area contributed by atoms with E-state index < -0.39 is 11.5 Å². The van der Waals surface area contributed by atoms with Crippen LogP contribution < -0.4 is 5.11 Å². The molecule has 0 spiro atoms. The van der Waals surface area contributed by atoms with Gasteiger partial charge in [0.2, 0.25) is 11.4 Å². The van der Waals surface area contributed by atoms with E-state index in [0.29, 0.717) is 19.5 Å². The molecule has 1 amide bonds. The van der Waals surface area contributed by atoms with Gasteiger partial charge in [0.25, 0.3) is 0 Å². The molecule has 0 radical (unpaired) electrons. The zero-order valence-electron chi connectivity index (χ0n) is 12.8. The number of carbonyl (C=O) groups excluding carboxylic acids is 2. The molecule has 20 heavy (non-hydrogen) atoms. The standard InChI is InChI=1S/C15H24N2O3/c1-5-17(6-2)13(18)12-10(3)16(4)15(14(19)20)9-7-8-11(12)15/h11-12H,5-9H2,1-4H3/t11-,12-,15-/m0/s1. The molecule has 1 aliphatic heterocycles. The number of carboxylic acid groups (broad SMARTS) is 1. The third kappa shape index (κ3) is 1.79. The van der Waals surface area contributed by atoms with Crippen molar-refractivity contribution >= 4 is 17.6 Å². The zero-order chi connectivity index (χ0) is 15.1. The highest BCUT2D eigenvalue weighted by atomic mass is 16.4. The molecular weight excluding hydrogens is 256 g/mol. The molecule has 0 unspecified atom stereocenters. The molecule has 5 nitrogen and oxygen atoms in total. The number of rotatable bonds is 4. The zero-order valence-corrected chi connectivity index (χ0v) is 12.8. The van der Waals surface area contributed by atoms with Crippen LogP contribution in [0.5, 0.6) is 0 Å². The maximum atomic E-state index is 12.7. The molecule has 1 saturated carbocycles. The minimum Gasteiger partial charge on any atom is -0.543 e. The molecule has 0 aromatic rings. The van der Waals surface area contributed by atoms with E-state index in [4.69, 9.17) is 0 Å². The summed E-state index contributed by atoms with van der Waals surface area (Å²) >= 11 is 0. The topological polar surface area (TPSA) is 63.5 Å². The predicted molar refractivity (Wildman–Crippen MR) is 73.4 cm³/mol. The van der Waals surface area contributed by atoms with E-state index in [2.05, 4.69) is 0 Å². The van der Waals surface area contributed by atoms with E-state index in [0.717, 1.165) is 18.6 Å². The van der Waals surface area contributed by atoms with E-state index in [1.165, 1.54) is 0 Å². The summed E-state index contributed by atoms with van der Waals surface area (Å²) in [6.07, 6.45) is 2.21. The van der Waals surface area contributed by atoms with E-state index in [1.807, 2.05) is 20.8 Å². The minimum absolute atomic E-state index is 0.0642. The Morgan fingerprint density at radius 3 is 2.50 bits per heavy atom. The second-order valence-electron chi connectivity index (χ2n) is 5.90. The first-order valence-electron chi connectivity index (χ1n) is 7.49. The van der Waals surface area contributed by atoms with Crippen molar-refractivity contribution in [1.29, 1.82) is 0 Å². The van der Waals surface area contributed by atoms with Gasteiger partial charge in [0, 0.05) is 26.4 Å². The number of fused-ring (bicyclic) bond motifs is 1. The Hall–Kier alpha value is -1.39. The van der Waals surface area contributed by atoms with Gasteiger partial charge in [0.05, 0.1) is 5.92 Å². The number of nitrogens with zero attached hydrogens (tertiary/aromatic N) is 2. The van der Waals surface area contributed by atoms with Crippen LogP contribution in [-0.4, -0.2) is 52.7 Å². The van der Waals surface area contributed by atoms with Crippen molar-refractivity contribution in [3.8, 4) is 0 Å². The van der Waals surface area contributed by atoms with E-state index in [1.54, 1.807) is 16.5 Å². The van der Waals surface area contributed by atoms with Crippen LogP contribution in [-0.2, 0) is 9.59 Å². The fourth-order valence-corrected chi connectivity index (χ4v) is 4.16. The molecule has 0 N–H and O–H groups in total. The first-order chi connectivity index (χ1) is 9.41. The summed E-state index contributed by atoms with van der Waals surface area (Å²) in [5, 5.41) is 11.7. The van der Waals surface area contributed by atoms with Gasteiger partial charge >= 0.3 is 0 Å². The first-order valence-corrected chi connectivity index (χ1v) is 7.49. The molecule has 2 aliphatic rings. The third-order valence-corrected chi connectivity index (χ3v) is 5.36. The van der Waals surface area contributed by atoms with Gasteiger partial charge < -0.3 is 14.8 Å². The Morgan fingerprint density at radius 2 is 2.00 bits per heavy atom. The molecule has 1 aliphatic carbocycles. The summed E-state index contributed by atoms with van der Waals surface area (Å²) in [7, 11) is 1.79. The molecule has 3 atom stereocenters. The highest BCUT2D eigenvalue weighted by molar-refractivity contribution is 6.04. The molecule has 112 valence electrons. The molecule has 1 heterocycles. The molecule has 5 heteroatoms. The van der Waals surface area contributed by atoms with Crippen LogP contribution in [0.25, 0.3) is 0 Å². The fraction of sp³-hybridized carbons (Fsp3) is 0.800. The highest BCUT2D eigenvalue weighted by Crippen LogP contribution is 2.47. The SMILES string of the molecule is CCN(CC)C(=O)[C@H]1C(C)=[N+](C)[C@@]2(C(=O)[O-])CCC[C@@H]12. The summed E-state index contributed by atoms with van der Waals surface area (Å²) in [5.41, 5.74) is -0.104. The van der Waals surface area contributed by atoms with E-state index >= 15 is 0 Å². The largest absolute Gasteiger partial charge is 0.543 e. The minimum atomic E-state index is -1.03. The molecule has 2 rings (SSSR count). The van der Waals surface area contributed by atoms with Crippen molar-refractivity contribution in [2.75, 3.05) is 20.1 Å². The maximum Gasteiger partial charge on any atom is 0.236 e. The Kier molecular flexibility index (Phi) is 3.89. The third-order valence-electron chi connectivity index (χ3n) is 5.36. The van der Waals surface area contributed by atoms with Crippen LogP contribution in [0.15, 0.2) is 0 Å². The van der Waals surface area contributed by atoms with Crippen LogP contribution in [0.1, 0.15) is 40.0 Å². The van der Waals surface area contributed by atoms with Gasteiger partial charge in [-0.05, 0) is 26.7 Å². The van der Waals surface area contributed by atoms with Crippen LogP contribution in [0.3, 0.4) is 0 Å². The summed E-state index contributed by atoms with van der Waals surface area (Å²) in [5.74, 6) is -1.42. The van der Waals surface area contributed by atoms with Crippen molar-refractivity contribution in [2.24, 2.45) is 11.8 Å². The lowest BCUT2D eigenvalue weighted by Gasteiger charge is -2.29. The quantitative estimate of drug-likeness (QED) is 0.674. The Labute approximate surface area is 120 Å². The number of carboxylic acids is 1. The van der Waals surface area contributed by atoms with E-state index in [-0.39, 0.29) is 17.7 Å². The summed E-state index contributed by atoms with van der Waals surface area (Å²) in [6, 6.07) is 0. The van der Waals surface area contributed by atoms with Crippen molar-refractivity contribution in [3.63, 3.8) is 0 Å². The van der Waals surface area contributed by atoms with Gasteiger partial charge in [-0.2, -0.15) is 0 Å². The molecular formula is C15H24N2O3. The fourth-order valence-electron chi connectivity index (χ4n) is 4.16. The summed E-state index contributed by atoms with van der Waals surface area (Å²) in [4.78, 5) is 26.3. The first kappa shape index (κ1) is 15.0. The summed E-state index contributed by atoms with van der Waals surface area (Å²) < 4.78 is 1.80. The average Bonchev–Trinajstić information content (AvgIpc) is 2.92. The van der Waals surface area contributed by atoms with Crippen LogP contribution in [0, 0.1) is 11.8 Å². The summed E-state index contributed by atoms with van der Waals surface area (Å²) in [6.45, 7) is 7.11. The van der Waals surface area contributed by atoms with Crippen molar-refractivity contribution in [2.45, 2.75) is 45.6 Å². The monoisotopic (exact) mass is 280 g/mol. The number of carbonyl (C=O) groups is 2. The van der Waals surface area contributed by atoms with Gasteiger partial charge in [-0.3, -0.25) is 4.79 Å². The Morgan fingerprint density at radius 1 is 1.40 bits per heavy atom. The number of hydrogen-bond donors (Lipinski definition) is 0. The Bertz CT molecular complexity index is 468. The molecule has 1 fully saturated rings. The second-order valence-corrected chi connectivity index (χ2v) is 5.90. The number of likely N-dealkylation sites (N-methyl/N-ethyl adjacent to an activating group) is 1. The van der Waals surface area contributed by atoms with Crippen LogP contribution in [0.2, 0.25) is 0 Å². The van der Waals surface area contributed by atoms with Gasteiger partial charge in [0.15, 0.2) is 5.71 Å². The van der Waals surface area contributed by atoms with Gasteiger partial charge in [-0.1, -0.05) is 0 Å². The normalized spacial score (nSPS) is 32.4. The maximum absolute atomic E-state index is 12.7. The molecule has 0 saturated heterocycles. The molecule has 0 aromatic carbocycles. The van der Waals surface area contributed by atoms with Crippen LogP contribution in [0.4, 0.5) is 0 Å². The second kappa shape index (κ2) is 5.19. The lowest BCUT2D eigenvalue weighted by molar-refractivity contribution is -0.577. The predicted octanol–water partition coefficient (Wildman–Crippen LogP) is -0.123. The lowest BCUT2D eigenvalue weighted by Crippen LogP contribution is -2.56. The number of aliphatic carboxylic acids is 1. The molecule has 0 aromatic heterocycles. The lowest BCUT2D eigenvalue weighted by atomic mass is 9.79. The van der Waals surface area contributed by atoms with Crippen molar-refractivity contribution < 1.29 is 19.3 Å². The van der Waals surface area contributed by atoms with Crippen molar-refractivity contribution in [3.05, 3.63) is 0 Å². The van der Waals surface area contributed by atoms with E-state index in [9.17, 15) is 14.7 Å².